The van der Waals surface area contributed by atoms with E-state index in [9.17, 15) is 0 Å². The number of rotatable bonds is 4. The molecule has 1 N–H and O–H groups in total. The van der Waals surface area contributed by atoms with Crippen LogP contribution in [0.1, 0.15) is 43.0 Å². The van der Waals surface area contributed by atoms with Gasteiger partial charge >= 0.3 is 0 Å². The first-order chi connectivity index (χ1) is 10.4. The first-order valence-electron chi connectivity index (χ1n) is 7.64. The minimum absolute atomic E-state index is 0.626. The number of aromatic nitrogens is 4. The van der Waals surface area contributed by atoms with E-state index in [0.717, 1.165) is 29.1 Å². The molecule has 6 heteroatoms. The van der Waals surface area contributed by atoms with Crippen molar-refractivity contribution < 1.29 is 0 Å². The second-order valence-electron chi connectivity index (χ2n) is 5.70. The molecule has 0 spiro atoms. The molecule has 1 saturated carbocycles. The van der Waals surface area contributed by atoms with Crippen molar-refractivity contribution in [3.05, 3.63) is 29.8 Å². The number of nitrogens with zero attached hydrogens (tertiary/aromatic N) is 4. The number of thioether (sulfide) groups is 1. The zero-order valence-electron chi connectivity index (χ0n) is 12.0. The molecule has 0 saturated heterocycles. The number of hydrogen-bond acceptors (Lipinski definition) is 5. The van der Waals surface area contributed by atoms with Crippen LogP contribution in [0.15, 0.2) is 23.6 Å². The van der Waals surface area contributed by atoms with Gasteiger partial charge in [0, 0.05) is 36.3 Å². The van der Waals surface area contributed by atoms with Gasteiger partial charge in [-0.25, -0.2) is 15.0 Å². The SMILES string of the molecule is c1cc(C2CCCC2)nc(NCc2cn3c(n2)SCC3)n1. The highest BCUT2D eigenvalue weighted by atomic mass is 32.2. The molecular weight excluding hydrogens is 282 g/mol. The van der Waals surface area contributed by atoms with Crippen molar-refractivity contribution in [2.45, 2.75) is 49.8 Å². The first kappa shape index (κ1) is 13.1. The van der Waals surface area contributed by atoms with E-state index in [1.165, 1.54) is 31.4 Å². The van der Waals surface area contributed by atoms with E-state index in [1.807, 2.05) is 18.0 Å². The van der Waals surface area contributed by atoms with Gasteiger partial charge in [-0.05, 0) is 18.9 Å². The third kappa shape index (κ3) is 2.77. The van der Waals surface area contributed by atoms with E-state index in [1.54, 1.807) is 0 Å². The third-order valence-electron chi connectivity index (χ3n) is 4.23. The lowest BCUT2D eigenvalue weighted by Gasteiger charge is -2.10. The number of aryl methyl sites for hydroxylation is 1. The molecule has 110 valence electrons. The average Bonchev–Trinajstić information content (AvgIpc) is 3.22. The summed E-state index contributed by atoms with van der Waals surface area (Å²) in [6.45, 7) is 1.76. The van der Waals surface area contributed by atoms with Gasteiger partial charge in [-0.2, -0.15) is 0 Å². The van der Waals surface area contributed by atoms with Crippen molar-refractivity contribution in [1.29, 1.82) is 0 Å². The van der Waals surface area contributed by atoms with Gasteiger partial charge in [0.15, 0.2) is 5.16 Å². The second-order valence-corrected chi connectivity index (χ2v) is 6.76. The Kier molecular flexibility index (Phi) is 3.55. The van der Waals surface area contributed by atoms with Crippen LogP contribution < -0.4 is 5.32 Å². The van der Waals surface area contributed by atoms with E-state index in [4.69, 9.17) is 0 Å². The Morgan fingerprint density at radius 1 is 1.29 bits per heavy atom. The highest BCUT2D eigenvalue weighted by Gasteiger charge is 2.19. The van der Waals surface area contributed by atoms with Crippen molar-refractivity contribution >= 4 is 17.7 Å². The Morgan fingerprint density at radius 2 is 2.19 bits per heavy atom. The number of fused-ring (bicyclic) bond motifs is 1. The predicted octanol–water partition coefficient (Wildman–Crippen LogP) is 3.05. The van der Waals surface area contributed by atoms with Crippen LogP contribution in [0.3, 0.4) is 0 Å². The monoisotopic (exact) mass is 301 g/mol. The number of hydrogen-bond donors (Lipinski definition) is 1. The van der Waals surface area contributed by atoms with Crippen molar-refractivity contribution in [3.63, 3.8) is 0 Å². The lowest BCUT2D eigenvalue weighted by molar-refractivity contribution is 0.694. The van der Waals surface area contributed by atoms with Crippen molar-refractivity contribution in [1.82, 2.24) is 19.5 Å². The maximum Gasteiger partial charge on any atom is 0.223 e. The molecule has 4 rings (SSSR count). The number of imidazole rings is 1. The summed E-state index contributed by atoms with van der Waals surface area (Å²) in [6, 6.07) is 2.06. The van der Waals surface area contributed by atoms with E-state index in [2.05, 4.69) is 37.1 Å². The van der Waals surface area contributed by atoms with Crippen LogP contribution >= 0.6 is 11.8 Å². The molecule has 2 aliphatic rings. The van der Waals surface area contributed by atoms with Crippen LogP contribution in [0.2, 0.25) is 0 Å². The lowest BCUT2D eigenvalue weighted by Crippen LogP contribution is -2.06. The normalized spacial score (nSPS) is 18.1. The molecule has 0 atom stereocenters. The number of nitrogens with one attached hydrogen (secondary N) is 1. The van der Waals surface area contributed by atoms with Crippen LogP contribution in [0, 0.1) is 0 Å². The largest absolute Gasteiger partial charge is 0.349 e. The minimum Gasteiger partial charge on any atom is -0.349 e. The Labute approximate surface area is 128 Å². The van der Waals surface area contributed by atoms with Crippen molar-refractivity contribution in [3.8, 4) is 0 Å². The van der Waals surface area contributed by atoms with Gasteiger partial charge in [0.2, 0.25) is 5.95 Å². The molecule has 1 aliphatic heterocycles. The molecule has 1 aliphatic carbocycles. The predicted molar refractivity (Wildman–Crippen MR) is 83.5 cm³/mol. The van der Waals surface area contributed by atoms with E-state index in [-0.39, 0.29) is 0 Å². The smallest absolute Gasteiger partial charge is 0.223 e. The maximum absolute atomic E-state index is 4.67. The molecule has 5 nitrogen and oxygen atoms in total. The van der Waals surface area contributed by atoms with Gasteiger partial charge in [-0.3, -0.25) is 0 Å². The molecule has 0 unspecified atom stereocenters. The van der Waals surface area contributed by atoms with Crippen LogP contribution in [0.5, 0.6) is 0 Å². The van der Waals surface area contributed by atoms with Crippen LogP contribution in [0.25, 0.3) is 0 Å². The summed E-state index contributed by atoms with van der Waals surface area (Å²) in [6.07, 6.45) is 9.18. The highest BCUT2D eigenvalue weighted by molar-refractivity contribution is 7.99. The van der Waals surface area contributed by atoms with Gasteiger partial charge in [-0.15, -0.1) is 0 Å². The molecule has 3 heterocycles. The molecule has 0 amide bonds. The summed E-state index contributed by atoms with van der Waals surface area (Å²) < 4.78 is 2.22. The van der Waals surface area contributed by atoms with E-state index in [0.29, 0.717) is 12.5 Å². The fraction of sp³-hybridized carbons (Fsp3) is 0.533. The topological polar surface area (TPSA) is 55.6 Å². The van der Waals surface area contributed by atoms with E-state index < -0.39 is 0 Å². The lowest BCUT2D eigenvalue weighted by atomic mass is 10.0. The van der Waals surface area contributed by atoms with Crippen LogP contribution in [-0.2, 0) is 13.1 Å². The van der Waals surface area contributed by atoms with Crippen LogP contribution in [0.4, 0.5) is 5.95 Å². The Morgan fingerprint density at radius 3 is 3.05 bits per heavy atom. The molecular formula is C15H19N5S. The molecule has 0 radical (unpaired) electrons. The molecule has 2 aromatic rings. The minimum atomic E-state index is 0.626. The van der Waals surface area contributed by atoms with Gasteiger partial charge in [0.1, 0.15) is 0 Å². The maximum atomic E-state index is 4.67. The van der Waals surface area contributed by atoms with Gasteiger partial charge in [0.05, 0.1) is 12.2 Å². The fourth-order valence-corrected chi connectivity index (χ4v) is 4.09. The Balaban J connectivity index is 1.43. The summed E-state index contributed by atoms with van der Waals surface area (Å²) in [4.78, 5) is 13.6. The first-order valence-corrected chi connectivity index (χ1v) is 8.63. The summed E-state index contributed by atoms with van der Waals surface area (Å²) in [5.74, 6) is 2.49. The zero-order chi connectivity index (χ0) is 14.1. The standard InChI is InChI=1S/C15H19N5S/c1-2-4-11(3-1)13-5-6-16-14(19-13)17-9-12-10-20-7-8-21-15(20)18-12/h5-6,10-11H,1-4,7-9H2,(H,16,17,19). The molecule has 0 aromatic carbocycles. The summed E-state index contributed by atoms with van der Waals surface area (Å²) in [5, 5.41) is 4.44. The quantitative estimate of drug-likeness (QED) is 0.940. The van der Waals surface area contributed by atoms with Gasteiger partial charge in [0.25, 0.3) is 0 Å². The average molecular weight is 301 g/mol. The van der Waals surface area contributed by atoms with Gasteiger partial charge < -0.3 is 9.88 Å². The van der Waals surface area contributed by atoms with Crippen molar-refractivity contribution in [2.75, 3.05) is 11.1 Å². The third-order valence-corrected chi connectivity index (χ3v) is 5.20. The summed E-state index contributed by atoms with van der Waals surface area (Å²) >= 11 is 1.82. The fourth-order valence-electron chi connectivity index (χ4n) is 3.12. The second kappa shape index (κ2) is 5.67. The number of anilines is 1. The zero-order valence-corrected chi connectivity index (χ0v) is 12.8. The molecule has 1 fully saturated rings. The summed E-state index contributed by atoms with van der Waals surface area (Å²) in [7, 11) is 0. The van der Waals surface area contributed by atoms with Gasteiger partial charge in [-0.1, -0.05) is 24.6 Å². The Bertz CT molecular complexity index is 611. The van der Waals surface area contributed by atoms with Crippen molar-refractivity contribution in [2.24, 2.45) is 0 Å². The summed E-state index contributed by atoms with van der Waals surface area (Å²) in [5.41, 5.74) is 2.25. The molecule has 2 aromatic heterocycles. The van der Waals surface area contributed by atoms with Crippen LogP contribution in [-0.4, -0.2) is 25.3 Å². The van der Waals surface area contributed by atoms with E-state index >= 15 is 0 Å². The highest BCUT2D eigenvalue weighted by Crippen LogP contribution is 2.33. The molecule has 0 bridgehead atoms. The molecule has 21 heavy (non-hydrogen) atoms. The Hall–Kier alpha value is -1.56.